The monoisotopic (exact) mass is 552 g/mol. The fraction of sp³-hybridized carbons (Fsp3) is 0.296. The van der Waals surface area contributed by atoms with Gasteiger partial charge >= 0.3 is 0 Å². The van der Waals surface area contributed by atoms with Crippen molar-refractivity contribution in [3.05, 3.63) is 71.3 Å². The van der Waals surface area contributed by atoms with E-state index >= 15 is 0 Å². The number of carbonyl (C=O) groups is 1. The molecular weight excluding hydrogens is 525 g/mol. The number of benzene rings is 2. The summed E-state index contributed by atoms with van der Waals surface area (Å²) in [5.41, 5.74) is 2.80. The number of nitrogens with zero attached hydrogens (tertiary/aromatic N) is 4. The van der Waals surface area contributed by atoms with E-state index in [9.17, 15) is 13.2 Å². The molecule has 1 aromatic heterocycles. The summed E-state index contributed by atoms with van der Waals surface area (Å²) in [5.74, 6) is 0.456. The number of sulfonamides is 1. The van der Waals surface area contributed by atoms with Gasteiger partial charge in [-0.05, 0) is 48.6 Å². The molecule has 0 N–H and O–H groups in total. The lowest BCUT2D eigenvalue weighted by molar-refractivity contribution is -0.121. The Bertz CT molecular complexity index is 1490. The normalized spacial score (nSPS) is 22.2. The van der Waals surface area contributed by atoms with Gasteiger partial charge < -0.3 is 0 Å². The van der Waals surface area contributed by atoms with Crippen LogP contribution in [0, 0.1) is 11.8 Å². The maximum atomic E-state index is 13.6. The second-order valence-corrected chi connectivity index (χ2v) is 13.4. The van der Waals surface area contributed by atoms with E-state index in [-0.39, 0.29) is 10.8 Å². The first kappa shape index (κ1) is 25.8. The van der Waals surface area contributed by atoms with Gasteiger partial charge in [0.1, 0.15) is 10.0 Å². The molecule has 0 radical (unpaired) electrons. The van der Waals surface area contributed by atoms with Crippen LogP contribution in [0.1, 0.15) is 25.8 Å². The van der Waals surface area contributed by atoms with Gasteiger partial charge in [-0.2, -0.15) is 9.40 Å². The molecule has 5 rings (SSSR count). The molecule has 192 valence electrons. The number of aromatic nitrogens is 2. The molecule has 0 saturated carbocycles. The highest BCUT2D eigenvalue weighted by atomic mass is 32.2. The molecule has 0 bridgehead atoms. The summed E-state index contributed by atoms with van der Waals surface area (Å²) in [4.78, 5) is 14.9. The number of para-hydroxylation sites is 1. The van der Waals surface area contributed by atoms with Crippen molar-refractivity contribution in [2.24, 2.45) is 11.8 Å². The van der Waals surface area contributed by atoms with Gasteiger partial charge in [0.15, 0.2) is 0 Å². The number of thioether (sulfide) groups is 1. The van der Waals surface area contributed by atoms with E-state index in [4.69, 9.17) is 17.3 Å². The zero-order valence-corrected chi connectivity index (χ0v) is 23.3. The zero-order chi connectivity index (χ0) is 26.3. The maximum absolute atomic E-state index is 13.6. The molecule has 2 aliphatic rings. The third-order valence-corrected chi connectivity index (χ3v) is 9.93. The number of carbonyl (C=O) groups excluding carboxylic acids is 1. The van der Waals surface area contributed by atoms with Gasteiger partial charge in [-0.25, -0.2) is 13.1 Å². The minimum absolute atomic E-state index is 0.168. The van der Waals surface area contributed by atoms with Gasteiger partial charge in [-0.1, -0.05) is 68.2 Å². The van der Waals surface area contributed by atoms with Crippen LogP contribution >= 0.6 is 24.0 Å². The fourth-order valence-electron chi connectivity index (χ4n) is 4.87. The van der Waals surface area contributed by atoms with Gasteiger partial charge in [0, 0.05) is 37.5 Å². The number of amides is 1. The molecule has 2 aromatic carbocycles. The SMILES string of the molecule is CC1CC(C)CN(S(=O)(=O)c2cccc(-c3nn(-c4ccccc4)cc3/C=C3\SC(=S)N(C)C3=O)c2)C1. The molecule has 1 amide bonds. The van der Waals surface area contributed by atoms with Gasteiger partial charge in [0.2, 0.25) is 10.0 Å². The first-order valence-corrected chi connectivity index (χ1v) is 14.8. The van der Waals surface area contributed by atoms with Crippen LogP contribution in [-0.4, -0.2) is 57.8 Å². The summed E-state index contributed by atoms with van der Waals surface area (Å²) >= 11 is 6.53. The van der Waals surface area contributed by atoms with Crippen molar-refractivity contribution in [1.82, 2.24) is 19.0 Å². The van der Waals surface area contributed by atoms with Crippen LogP contribution in [0.2, 0.25) is 0 Å². The van der Waals surface area contributed by atoms with Crippen molar-refractivity contribution in [3.8, 4) is 16.9 Å². The largest absolute Gasteiger partial charge is 0.296 e. The second kappa shape index (κ2) is 10.2. The lowest BCUT2D eigenvalue weighted by Crippen LogP contribution is -2.42. The predicted molar refractivity (Wildman–Crippen MR) is 152 cm³/mol. The van der Waals surface area contributed by atoms with Crippen molar-refractivity contribution < 1.29 is 13.2 Å². The Morgan fingerprint density at radius 3 is 2.41 bits per heavy atom. The highest BCUT2D eigenvalue weighted by Gasteiger charge is 2.32. The summed E-state index contributed by atoms with van der Waals surface area (Å²) in [6.07, 6.45) is 4.65. The van der Waals surface area contributed by atoms with E-state index in [0.29, 0.717) is 51.0 Å². The Hall–Kier alpha value is -2.79. The molecule has 2 saturated heterocycles. The summed E-state index contributed by atoms with van der Waals surface area (Å²) < 4.78 is 31.0. The summed E-state index contributed by atoms with van der Waals surface area (Å²) in [6, 6.07) is 16.6. The predicted octanol–water partition coefficient (Wildman–Crippen LogP) is 5.04. The van der Waals surface area contributed by atoms with Crippen molar-refractivity contribution >= 4 is 50.3 Å². The first-order chi connectivity index (χ1) is 17.6. The molecule has 0 aliphatic carbocycles. The van der Waals surface area contributed by atoms with Gasteiger partial charge in [-0.15, -0.1) is 0 Å². The number of hydrogen-bond donors (Lipinski definition) is 0. The van der Waals surface area contributed by atoms with Crippen molar-refractivity contribution in [1.29, 1.82) is 0 Å². The minimum Gasteiger partial charge on any atom is -0.296 e. The van der Waals surface area contributed by atoms with E-state index in [1.165, 1.54) is 16.7 Å². The Labute approximate surface area is 227 Å². The smallest absolute Gasteiger partial charge is 0.265 e. The van der Waals surface area contributed by atoms with Crippen LogP contribution in [0.5, 0.6) is 0 Å². The molecule has 2 fully saturated rings. The quantitative estimate of drug-likeness (QED) is 0.326. The van der Waals surface area contributed by atoms with Crippen LogP contribution < -0.4 is 0 Å². The average Bonchev–Trinajstić information content (AvgIpc) is 3.41. The van der Waals surface area contributed by atoms with Gasteiger partial charge in [0.25, 0.3) is 5.91 Å². The second-order valence-electron chi connectivity index (χ2n) is 9.75. The van der Waals surface area contributed by atoms with E-state index in [1.807, 2.05) is 42.6 Å². The fourth-order valence-corrected chi connectivity index (χ4v) is 7.77. The Morgan fingerprint density at radius 2 is 1.76 bits per heavy atom. The average molecular weight is 553 g/mol. The number of piperidine rings is 1. The molecule has 0 spiro atoms. The van der Waals surface area contributed by atoms with Crippen LogP contribution in [0.25, 0.3) is 23.0 Å². The first-order valence-electron chi connectivity index (χ1n) is 12.1. The third-order valence-electron chi connectivity index (χ3n) is 6.62. The molecule has 3 heterocycles. The Kier molecular flexibility index (Phi) is 7.10. The summed E-state index contributed by atoms with van der Waals surface area (Å²) in [5, 5.41) is 4.81. The van der Waals surface area contributed by atoms with Gasteiger partial charge in [0.05, 0.1) is 15.5 Å². The highest BCUT2D eigenvalue weighted by molar-refractivity contribution is 8.26. The molecular formula is C27H28N4O3S3. The van der Waals surface area contributed by atoms with Crippen molar-refractivity contribution in [2.45, 2.75) is 25.2 Å². The molecule has 10 heteroatoms. The molecule has 2 atom stereocenters. The molecule has 2 unspecified atom stereocenters. The highest BCUT2D eigenvalue weighted by Crippen LogP contribution is 2.35. The Balaban J connectivity index is 1.59. The lowest BCUT2D eigenvalue weighted by Gasteiger charge is -2.34. The van der Waals surface area contributed by atoms with Crippen LogP contribution in [0.4, 0.5) is 0 Å². The van der Waals surface area contributed by atoms with E-state index in [0.717, 1.165) is 12.1 Å². The number of hydrogen-bond acceptors (Lipinski definition) is 6. The topological polar surface area (TPSA) is 75.5 Å². The third kappa shape index (κ3) is 5.16. The number of rotatable bonds is 5. The van der Waals surface area contributed by atoms with Gasteiger partial charge in [-0.3, -0.25) is 9.69 Å². The van der Waals surface area contributed by atoms with Crippen molar-refractivity contribution in [2.75, 3.05) is 20.1 Å². The van der Waals surface area contributed by atoms with Crippen molar-refractivity contribution in [3.63, 3.8) is 0 Å². The molecule has 7 nitrogen and oxygen atoms in total. The van der Waals surface area contributed by atoms with E-state index < -0.39 is 10.0 Å². The molecule has 2 aliphatic heterocycles. The molecule has 37 heavy (non-hydrogen) atoms. The maximum Gasteiger partial charge on any atom is 0.265 e. The Morgan fingerprint density at radius 1 is 1.05 bits per heavy atom. The van der Waals surface area contributed by atoms with Crippen LogP contribution in [0.3, 0.4) is 0 Å². The number of likely N-dealkylation sites (N-methyl/N-ethyl adjacent to an activating group) is 1. The van der Waals surface area contributed by atoms with Crippen LogP contribution in [-0.2, 0) is 14.8 Å². The van der Waals surface area contributed by atoms with Crippen LogP contribution in [0.15, 0.2) is 70.6 Å². The van der Waals surface area contributed by atoms with E-state index in [2.05, 4.69) is 13.8 Å². The molecule has 3 aromatic rings. The standard InChI is InChI=1S/C27H28N4O3S3/c1-18-12-19(2)16-30(15-18)37(33,34)23-11-7-8-20(13-23)25-21(14-24-26(32)29(3)27(35)36-24)17-31(28-25)22-9-5-4-6-10-22/h4-11,13-14,17-19H,12,15-16H2,1-3H3/b24-14-. The summed E-state index contributed by atoms with van der Waals surface area (Å²) in [6.45, 7) is 5.22. The lowest BCUT2D eigenvalue weighted by atomic mass is 9.94. The number of thiocarbonyl (C=S) groups is 1. The summed E-state index contributed by atoms with van der Waals surface area (Å²) in [7, 11) is -2.00. The zero-order valence-electron chi connectivity index (χ0n) is 20.9. The van der Waals surface area contributed by atoms with E-state index in [1.54, 1.807) is 40.3 Å². The minimum atomic E-state index is -3.66.